The highest BCUT2D eigenvalue weighted by Gasteiger charge is 2.19. The number of carbonyl (C=O) groups excluding carboxylic acids is 2. The Morgan fingerprint density at radius 2 is 1.76 bits per heavy atom. The molecule has 0 aliphatic carbocycles. The molecule has 1 fully saturated rings. The number of pyridine rings is 3. The van der Waals surface area contributed by atoms with Gasteiger partial charge in [0, 0.05) is 75.3 Å². The average molecular weight is 464 g/mol. The van der Waals surface area contributed by atoms with Gasteiger partial charge in [-0.3, -0.25) is 24.5 Å². The summed E-state index contributed by atoms with van der Waals surface area (Å²) in [5.41, 5.74) is 4.99. The number of halogens is 1. The van der Waals surface area contributed by atoms with Crippen molar-refractivity contribution >= 4 is 29.0 Å². The summed E-state index contributed by atoms with van der Waals surface area (Å²) in [6.07, 6.45) is 5.73. The molecule has 3 aromatic rings. The quantitative estimate of drug-likeness (QED) is 0.556. The van der Waals surface area contributed by atoms with Crippen LogP contribution in [-0.4, -0.2) is 57.7 Å². The predicted molar refractivity (Wildman–Crippen MR) is 128 cm³/mol. The van der Waals surface area contributed by atoms with Crippen LogP contribution in [0.4, 0.5) is 5.69 Å². The van der Waals surface area contributed by atoms with Gasteiger partial charge >= 0.3 is 0 Å². The molecule has 7 nitrogen and oxygen atoms in total. The van der Waals surface area contributed by atoms with Gasteiger partial charge in [-0.25, -0.2) is 0 Å². The van der Waals surface area contributed by atoms with Crippen LogP contribution in [0.15, 0.2) is 48.9 Å². The lowest BCUT2D eigenvalue weighted by Gasteiger charge is -2.35. The van der Waals surface area contributed by atoms with Gasteiger partial charge in [-0.05, 0) is 42.8 Å². The summed E-state index contributed by atoms with van der Waals surface area (Å²) in [7, 11) is 0. The fourth-order valence-corrected chi connectivity index (χ4v) is 4.26. The molecule has 4 heterocycles. The van der Waals surface area contributed by atoms with Crippen molar-refractivity contribution in [2.24, 2.45) is 0 Å². The molecule has 1 aliphatic rings. The Labute approximate surface area is 198 Å². The molecule has 0 radical (unpaired) electrons. The number of aromatic nitrogens is 3. The molecule has 0 saturated carbocycles. The molecule has 0 unspecified atom stereocenters. The van der Waals surface area contributed by atoms with E-state index in [-0.39, 0.29) is 24.5 Å². The van der Waals surface area contributed by atoms with Crippen molar-refractivity contribution in [2.45, 2.75) is 26.7 Å². The van der Waals surface area contributed by atoms with Gasteiger partial charge in [0.2, 0.25) is 5.91 Å². The summed E-state index contributed by atoms with van der Waals surface area (Å²) in [5.74, 6) is 0.163. The molecule has 1 amide bonds. The normalized spacial score (nSPS) is 13.8. The maximum Gasteiger partial charge on any atom is 0.219 e. The molecule has 8 heteroatoms. The van der Waals surface area contributed by atoms with Crippen molar-refractivity contribution in [3.05, 3.63) is 70.9 Å². The number of anilines is 1. The highest BCUT2D eigenvalue weighted by molar-refractivity contribution is 6.33. The molecule has 0 spiro atoms. The number of carbonyl (C=O) groups is 2. The van der Waals surface area contributed by atoms with Crippen LogP contribution in [0.2, 0.25) is 5.02 Å². The highest BCUT2D eigenvalue weighted by Crippen LogP contribution is 2.26. The van der Waals surface area contributed by atoms with Crippen molar-refractivity contribution in [1.82, 2.24) is 19.9 Å². The lowest BCUT2D eigenvalue weighted by atomic mass is 10.1. The SMILES string of the molecule is CC(=O)N1CCN(c2ccc(CC(=O)Cc3cnc(-c4ccnc(C)c4)c(Cl)c3)nc2)CC1. The molecule has 33 heavy (non-hydrogen) atoms. The third-order valence-corrected chi connectivity index (χ3v) is 6.03. The van der Waals surface area contributed by atoms with E-state index >= 15 is 0 Å². The number of hydrogen-bond donors (Lipinski definition) is 0. The Hall–Kier alpha value is -3.32. The molecule has 4 rings (SSSR count). The number of piperazine rings is 1. The van der Waals surface area contributed by atoms with Crippen LogP contribution < -0.4 is 4.90 Å². The lowest BCUT2D eigenvalue weighted by Crippen LogP contribution is -2.48. The van der Waals surface area contributed by atoms with Crippen LogP contribution >= 0.6 is 11.6 Å². The lowest BCUT2D eigenvalue weighted by molar-refractivity contribution is -0.129. The minimum Gasteiger partial charge on any atom is -0.367 e. The summed E-state index contributed by atoms with van der Waals surface area (Å²) >= 11 is 6.44. The van der Waals surface area contributed by atoms with Crippen molar-refractivity contribution in [1.29, 1.82) is 0 Å². The number of aryl methyl sites for hydroxylation is 1. The Morgan fingerprint density at radius 1 is 0.970 bits per heavy atom. The highest BCUT2D eigenvalue weighted by atomic mass is 35.5. The molecule has 0 bridgehead atoms. The summed E-state index contributed by atoms with van der Waals surface area (Å²) in [6.45, 7) is 6.50. The first kappa shape index (κ1) is 22.9. The topological polar surface area (TPSA) is 79.3 Å². The second-order valence-electron chi connectivity index (χ2n) is 8.25. The van der Waals surface area contributed by atoms with Gasteiger partial charge in [0.1, 0.15) is 5.78 Å². The zero-order valence-corrected chi connectivity index (χ0v) is 19.5. The van der Waals surface area contributed by atoms with E-state index < -0.39 is 0 Å². The van der Waals surface area contributed by atoms with Crippen molar-refractivity contribution in [2.75, 3.05) is 31.1 Å². The minimum absolute atomic E-state index is 0.0516. The average Bonchev–Trinajstić information content (AvgIpc) is 2.79. The van der Waals surface area contributed by atoms with E-state index in [0.29, 0.717) is 23.8 Å². The smallest absolute Gasteiger partial charge is 0.219 e. The third kappa shape index (κ3) is 5.73. The van der Waals surface area contributed by atoms with E-state index in [0.717, 1.165) is 41.3 Å². The van der Waals surface area contributed by atoms with Gasteiger partial charge in [0.05, 0.1) is 22.6 Å². The molecule has 3 aromatic heterocycles. The maximum atomic E-state index is 12.6. The van der Waals surface area contributed by atoms with Gasteiger partial charge in [-0.15, -0.1) is 0 Å². The fourth-order valence-electron chi connectivity index (χ4n) is 3.96. The van der Waals surface area contributed by atoms with Crippen LogP contribution in [0, 0.1) is 6.92 Å². The van der Waals surface area contributed by atoms with Crippen molar-refractivity contribution < 1.29 is 9.59 Å². The second kappa shape index (κ2) is 10.1. The summed E-state index contributed by atoms with van der Waals surface area (Å²) in [5, 5.41) is 0.512. The molecule has 0 N–H and O–H groups in total. The summed E-state index contributed by atoms with van der Waals surface area (Å²) in [6, 6.07) is 9.48. The Balaban J connectivity index is 1.34. The van der Waals surface area contributed by atoms with Crippen LogP contribution in [0.3, 0.4) is 0 Å². The van der Waals surface area contributed by atoms with Gasteiger partial charge in [-0.2, -0.15) is 0 Å². The Bertz CT molecular complexity index is 1160. The van der Waals surface area contributed by atoms with Crippen LogP contribution in [-0.2, 0) is 22.4 Å². The molecule has 1 saturated heterocycles. The standard InChI is InChI=1S/C25H26ClN5O2/c1-17-11-20(5-6-27-17)25-24(26)13-19(15-29-25)12-23(33)14-21-3-4-22(16-28-21)31-9-7-30(8-10-31)18(2)32/h3-6,11,13,15-16H,7-10,12,14H2,1-2H3. The number of Topliss-reactive ketones (excluding diaryl/α,β-unsaturated/α-hetero) is 1. The molecule has 170 valence electrons. The molecule has 0 aromatic carbocycles. The first-order valence-electron chi connectivity index (χ1n) is 10.9. The largest absolute Gasteiger partial charge is 0.367 e. The fraction of sp³-hybridized carbons (Fsp3) is 0.320. The van der Waals surface area contributed by atoms with E-state index in [1.165, 1.54) is 0 Å². The van der Waals surface area contributed by atoms with Gasteiger partial charge in [0.25, 0.3) is 0 Å². The van der Waals surface area contributed by atoms with E-state index in [9.17, 15) is 9.59 Å². The number of hydrogen-bond acceptors (Lipinski definition) is 6. The second-order valence-corrected chi connectivity index (χ2v) is 8.66. The number of nitrogens with zero attached hydrogens (tertiary/aromatic N) is 5. The van der Waals surface area contributed by atoms with Crippen LogP contribution in [0.1, 0.15) is 23.9 Å². The first-order valence-corrected chi connectivity index (χ1v) is 11.3. The maximum absolute atomic E-state index is 12.6. The van der Waals surface area contributed by atoms with Gasteiger partial charge in [0.15, 0.2) is 0 Å². The first-order chi connectivity index (χ1) is 15.9. The summed E-state index contributed by atoms with van der Waals surface area (Å²) < 4.78 is 0. The van der Waals surface area contributed by atoms with Crippen LogP contribution in [0.5, 0.6) is 0 Å². The third-order valence-electron chi connectivity index (χ3n) is 5.75. The molecular weight excluding hydrogens is 438 g/mol. The van der Waals surface area contributed by atoms with Crippen LogP contribution in [0.25, 0.3) is 11.3 Å². The zero-order valence-electron chi connectivity index (χ0n) is 18.8. The number of ketones is 1. The van der Waals surface area contributed by atoms with Crippen molar-refractivity contribution in [3.8, 4) is 11.3 Å². The zero-order chi connectivity index (χ0) is 23.4. The molecule has 0 atom stereocenters. The monoisotopic (exact) mass is 463 g/mol. The van der Waals surface area contributed by atoms with Crippen molar-refractivity contribution in [3.63, 3.8) is 0 Å². The number of amides is 1. The van der Waals surface area contributed by atoms with Gasteiger partial charge < -0.3 is 9.80 Å². The van der Waals surface area contributed by atoms with Gasteiger partial charge in [-0.1, -0.05) is 11.6 Å². The van der Waals surface area contributed by atoms with E-state index in [4.69, 9.17) is 11.6 Å². The van der Waals surface area contributed by atoms with E-state index in [1.807, 2.05) is 36.1 Å². The Kier molecular flexibility index (Phi) is 6.99. The molecular formula is C25H26ClN5O2. The minimum atomic E-state index is 0.0516. The van der Waals surface area contributed by atoms with E-state index in [2.05, 4.69) is 19.9 Å². The summed E-state index contributed by atoms with van der Waals surface area (Å²) in [4.78, 5) is 41.3. The molecule has 1 aliphatic heterocycles. The number of rotatable bonds is 6. The predicted octanol–water partition coefficient (Wildman–Crippen LogP) is 3.52. The van der Waals surface area contributed by atoms with E-state index in [1.54, 1.807) is 31.6 Å². The Morgan fingerprint density at radius 3 is 2.39 bits per heavy atom.